The summed E-state index contributed by atoms with van der Waals surface area (Å²) in [6, 6.07) is 2.19. The molecule has 6 nitrogen and oxygen atoms in total. The topological polar surface area (TPSA) is 85.4 Å². The van der Waals surface area contributed by atoms with Crippen molar-refractivity contribution in [1.82, 2.24) is 15.2 Å². The summed E-state index contributed by atoms with van der Waals surface area (Å²) in [5.74, 6) is -1.93. The van der Waals surface area contributed by atoms with Crippen LogP contribution in [0.25, 0.3) is 10.9 Å². The standard InChI is InChI=1S/C14H12BrF2N3O3/c15-10-8(16)3-6-4-9(19-12(6)11(10)17)13(21)20-2-1-7(5-20)18-14(22)23/h3-4,7,18-19H,1-2,5H2,(H,22,23)/t7-/m1/s1. The summed E-state index contributed by atoms with van der Waals surface area (Å²) in [5, 5.41) is 11.3. The van der Waals surface area contributed by atoms with E-state index in [4.69, 9.17) is 5.11 Å². The number of H-pyrrole nitrogens is 1. The number of carboxylic acid groups (broad SMARTS) is 1. The highest BCUT2D eigenvalue weighted by molar-refractivity contribution is 9.10. The molecule has 2 aromatic rings. The Kier molecular flexibility index (Phi) is 3.97. The predicted octanol–water partition coefficient (Wildman–Crippen LogP) is 2.69. The van der Waals surface area contributed by atoms with E-state index in [-0.39, 0.29) is 39.6 Å². The van der Waals surface area contributed by atoms with Gasteiger partial charge < -0.3 is 20.3 Å². The summed E-state index contributed by atoms with van der Waals surface area (Å²) in [6.45, 7) is 0.626. The molecule has 0 spiro atoms. The molecule has 1 aromatic heterocycles. The lowest BCUT2D eigenvalue weighted by Crippen LogP contribution is -2.37. The van der Waals surface area contributed by atoms with Gasteiger partial charge in [0.1, 0.15) is 11.5 Å². The summed E-state index contributed by atoms with van der Waals surface area (Å²) >= 11 is 2.81. The van der Waals surface area contributed by atoms with Gasteiger partial charge in [-0.2, -0.15) is 0 Å². The Morgan fingerprint density at radius 3 is 2.83 bits per heavy atom. The maximum atomic E-state index is 14.0. The molecule has 3 rings (SSSR count). The first-order chi connectivity index (χ1) is 10.9. The Balaban J connectivity index is 1.85. The van der Waals surface area contributed by atoms with E-state index in [9.17, 15) is 18.4 Å². The summed E-state index contributed by atoms with van der Waals surface area (Å²) in [7, 11) is 0. The second kappa shape index (κ2) is 5.80. The third-order valence-electron chi connectivity index (χ3n) is 3.79. The molecule has 2 heterocycles. The van der Waals surface area contributed by atoms with Gasteiger partial charge in [0.05, 0.1) is 16.0 Å². The highest BCUT2D eigenvalue weighted by Gasteiger charge is 2.29. The molecule has 122 valence electrons. The molecular formula is C14H12BrF2N3O3. The summed E-state index contributed by atoms with van der Waals surface area (Å²) in [4.78, 5) is 27.2. The first-order valence-corrected chi connectivity index (χ1v) is 7.61. The minimum absolute atomic E-state index is 0.0426. The number of amides is 2. The van der Waals surface area contributed by atoms with Crippen LogP contribution in [-0.2, 0) is 0 Å². The number of hydrogen-bond donors (Lipinski definition) is 3. The van der Waals surface area contributed by atoms with E-state index in [1.165, 1.54) is 11.0 Å². The fraction of sp³-hybridized carbons (Fsp3) is 0.286. The summed E-state index contributed by atoms with van der Waals surface area (Å²) in [6.07, 6.45) is -0.635. The number of nitrogens with zero attached hydrogens (tertiary/aromatic N) is 1. The molecule has 1 aliphatic rings. The van der Waals surface area contributed by atoms with Crippen molar-refractivity contribution < 1.29 is 23.5 Å². The van der Waals surface area contributed by atoms with Crippen molar-refractivity contribution in [3.63, 3.8) is 0 Å². The van der Waals surface area contributed by atoms with Gasteiger partial charge in [-0.1, -0.05) is 0 Å². The fourth-order valence-electron chi connectivity index (χ4n) is 2.70. The zero-order valence-corrected chi connectivity index (χ0v) is 13.3. The van der Waals surface area contributed by atoms with E-state index in [0.29, 0.717) is 13.0 Å². The van der Waals surface area contributed by atoms with E-state index >= 15 is 0 Å². The van der Waals surface area contributed by atoms with Gasteiger partial charge >= 0.3 is 6.09 Å². The number of carbonyl (C=O) groups is 2. The van der Waals surface area contributed by atoms with Crippen LogP contribution < -0.4 is 5.32 Å². The SMILES string of the molecule is O=C(O)N[C@@H]1CCN(C(=O)c2cc3cc(F)c(Br)c(F)c3[nH]2)C1. The van der Waals surface area contributed by atoms with E-state index in [1.54, 1.807) is 0 Å². The maximum Gasteiger partial charge on any atom is 0.404 e. The highest BCUT2D eigenvalue weighted by Crippen LogP contribution is 2.28. The average Bonchev–Trinajstić information content (AvgIpc) is 3.10. The number of rotatable bonds is 2. The van der Waals surface area contributed by atoms with Gasteiger partial charge in [-0.25, -0.2) is 13.6 Å². The predicted molar refractivity (Wildman–Crippen MR) is 81.4 cm³/mol. The average molecular weight is 388 g/mol. The van der Waals surface area contributed by atoms with Crippen molar-refractivity contribution in [2.45, 2.75) is 12.5 Å². The second-order valence-corrected chi connectivity index (χ2v) is 6.11. The highest BCUT2D eigenvalue weighted by atomic mass is 79.9. The molecule has 2 amide bonds. The van der Waals surface area contributed by atoms with Crippen LogP contribution in [0.4, 0.5) is 13.6 Å². The molecule has 0 saturated carbocycles. The Morgan fingerprint density at radius 2 is 2.13 bits per heavy atom. The number of aromatic nitrogens is 1. The number of hydrogen-bond acceptors (Lipinski definition) is 2. The van der Waals surface area contributed by atoms with E-state index in [0.717, 1.165) is 6.07 Å². The molecule has 3 N–H and O–H groups in total. The second-order valence-electron chi connectivity index (χ2n) is 5.32. The number of nitrogens with one attached hydrogen (secondary N) is 2. The monoisotopic (exact) mass is 387 g/mol. The normalized spacial score (nSPS) is 17.7. The van der Waals surface area contributed by atoms with Crippen LogP contribution in [0.2, 0.25) is 0 Å². The summed E-state index contributed by atoms with van der Waals surface area (Å²) < 4.78 is 27.2. The maximum absolute atomic E-state index is 14.0. The number of halogens is 3. The molecule has 0 aliphatic carbocycles. The summed E-state index contributed by atoms with van der Waals surface area (Å²) in [5.41, 5.74) is 0.174. The minimum atomic E-state index is -1.14. The van der Waals surface area contributed by atoms with Crippen LogP contribution in [0.3, 0.4) is 0 Å². The van der Waals surface area contributed by atoms with Crippen molar-refractivity contribution in [3.8, 4) is 0 Å². The third kappa shape index (κ3) is 2.88. The Hall–Kier alpha value is -2.16. The van der Waals surface area contributed by atoms with Gasteiger partial charge in [-0.3, -0.25) is 4.79 Å². The van der Waals surface area contributed by atoms with E-state index < -0.39 is 17.7 Å². The molecular weight excluding hydrogens is 376 g/mol. The first kappa shape index (κ1) is 15.7. The van der Waals surface area contributed by atoms with Gasteiger partial charge in [0.15, 0.2) is 5.82 Å². The largest absolute Gasteiger partial charge is 0.465 e. The third-order valence-corrected chi connectivity index (χ3v) is 4.51. The van der Waals surface area contributed by atoms with Gasteiger partial charge in [-0.05, 0) is 34.5 Å². The van der Waals surface area contributed by atoms with Gasteiger partial charge in [0.2, 0.25) is 0 Å². The van der Waals surface area contributed by atoms with Crippen LogP contribution in [-0.4, -0.2) is 46.1 Å². The van der Waals surface area contributed by atoms with Crippen LogP contribution in [0, 0.1) is 11.6 Å². The molecule has 0 bridgehead atoms. The van der Waals surface area contributed by atoms with E-state index in [2.05, 4.69) is 26.2 Å². The smallest absolute Gasteiger partial charge is 0.404 e. The van der Waals surface area contributed by atoms with Crippen LogP contribution >= 0.6 is 15.9 Å². The molecule has 0 radical (unpaired) electrons. The number of carbonyl (C=O) groups excluding carboxylic acids is 1. The number of benzene rings is 1. The Morgan fingerprint density at radius 1 is 1.39 bits per heavy atom. The molecule has 1 aliphatic heterocycles. The van der Waals surface area contributed by atoms with Crippen molar-refractivity contribution >= 4 is 38.8 Å². The lowest BCUT2D eigenvalue weighted by Gasteiger charge is -2.15. The van der Waals surface area contributed by atoms with Gasteiger partial charge in [0.25, 0.3) is 5.91 Å². The van der Waals surface area contributed by atoms with Gasteiger partial charge in [-0.15, -0.1) is 0 Å². The molecule has 9 heteroatoms. The van der Waals surface area contributed by atoms with Crippen LogP contribution in [0.1, 0.15) is 16.9 Å². The quantitative estimate of drug-likeness (QED) is 0.692. The molecule has 0 unspecified atom stereocenters. The number of likely N-dealkylation sites (tertiary alicyclic amines) is 1. The van der Waals surface area contributed by atoms with Crippen molar-refractivity contribution in [1.29, 1.82) is 0 Å². The Bertz CT molecular complexity index is 808. The Labute approximate surface area is 137 Å². The van der Waals surface area contributed by atoms with Crippen molar-refractivity contribution in [3.05, 3.63) is 33.9 Å². The zero-order chi connectivity index (χ0) is 16.7. The molecule has 1 saturated heterocycles. The lowest BCUT2D eigenvalue weighted by atomic mass is 10.2. The fourth-order valence-corrected chi connectivity index (χ4v) is 3.02. The molecule has 1 atom stereocenters. The number of fused-ring (bicyclic) bond motifs is 1. The lowest BCUT2D eigenvalue weighted by molar-refractivity contribution is 0.0783. The molecule has 1 fully saturated rings. The molecule has 1 aromatic carbocycles. The van der Waals surface area contributed by atoms with E-state index in [1.807, 2.05) is 0 Å². The number of aromatic amines is 1. The zero-order valence-electron chi connectivity index (χ0n) is 11.7. The minimum Gasteiger partial charge on any atom is -0.465 e. The molecule has 23 heavy (non-hydrogen) atoms. The van der Waals surface area contributed by atoms with Crippen LogP contribution in [0.5, 0.6) is 0 Å². The first-order valence-electron chi connectivity index (χ1n) is 6.81. The van der Waals surface area contributed by atoms with Crippen molar-refractivity contribution in [2.75, 3.05) is 13.1 Å². The van der Waals surface area contributed by atoms with Crippen LogP contribution in [0.15, 0.2) is 16.6 Å². The van der Waals surface area contributed by atoms with Crippen molar-refractivity contribution in [2.24, 2.45) is 0 Å². The van der Waals surface area contributed by atoms with Gasteiger partial charge in [0, 0.05) is 18.5 Å².